The summed E-state index contributed by atoms with van der Waals surface area (Å²) < 4.78 is 10.6. The first-order chi connectivity index (χ1) is 7.33. The van der Waals surface area contributed by atoms with Gasteiger partial charge < -0.3 is 15.2 Å². The van der Waals surface area contributed by atoms with Crippen LogP contribution in [0.4, 0.5) is 5.69 Å². The van der Waals surface area contributed by atoms with Gasteiger partial charge in [0.2, 0.25) is 5.90 Å². The summed E-state index contributed by atoms with van der Waals surface area (Å²) in [6, 6.07) is 6.05. The zero-order valence-corrected chi connectivity index (χ0v) is 8.27. The van der Waals surface area contributed by atoms with Crippen LogP contribution in [0.2, 0.25) is 0 Å². The lowest BCUT2D eigenvalue weighted by Gasteiger charge is -2.22. The zero-order chi connectivity index (χ0) is 10.3. The first-order valence-corrected chi connectivity index (χ1v) is 5.00. The molecule has 0 saturated carbocycles. The molecule has 0 aliphatic carbocycles. The number of hydrogen-bond acceptors (Lipinski definition) is 4. The molecule has 2 aliphatic heterocycles. The largest absolute Gasteiger partial charge is 0.473 e. The summed E-state index contributed by atoms with van der Waals surface area (Å²) in [7, 11) is 0. The molecule has 0 bridgehead atoms. The van der Waals surface area contributed by atoms with Gasteiger partial charge in [-0.2, -0.15) is 0 Å². The van der Waals surface area contributed by atoms with E-state index in [4.69, 9.17) is 15.2 Å². The molecule has 2 aliphatic rings. The number of rotatable bonds is 1. The van der Waals surface area contributed by atoms with Crippen LogP contribution >= 0.6 is 0 Å². The molecule has 78 valence electrons. The average Bonchev–Trinajstić information content (AvgIpc) is 2.54. The quantitative estimate of drug-likeness (QED) is 0.693. The number of hydrogen-bond donors (Lipinski definition) is 1. The second-order valence-corrected chi connectivity index (χ2v) is 3.83. The van der Waals surface area contributed by atoms with E-state index < -0.39 is 0 Å². The van der Waals surface area contributed by atoms with Crippen LogP contribution in [0, 0.1) is 0 Å². The second-order valence-electron chi connectivity index (χ2n) is 3.83. The topological polar surface area (TPSA) is 56.8 Å². The van der Waals surface area contributed by atoms with Crippen molar-refractivity contribution >= 4 is 11.6 Å². The van der Waals surface area contributed by atoms with Crippen molar-refractivity contribution < 1.29 is 9.47 Å². The summed E-state index contributed by atoms with van der Waals surface area (Å²) in [6.45, 7) is 1.99. The molecule has 4 heteroatoms. The van der Waals surface area contributed by atoms with Gasteiger partial charge in [0.25, 0.3) is 0 Å². The Morgan fingerprint density at radius 2 is 2.20 bits per heavy atom. The van der Waals surface area contributed by atoms with Gasteiger partial charge in [-0.25, -0.2) is 4.99 Å². The Balaban J connectivity index is 1.93. The molecule has 4 nitrogen and oxygen atoms in total. The van der Waals surface area contributed by atoms with E-state index in [1.165, 1.54) is 0 Å². The van der Waals surface area contributed by atoms with Gasteiger partial charge >= 0.3 is 0 Å². The first-order valence-electron chi connectivity index (χ1n) is 5.00. The fourth-order valence-electron chi connectivity index (χ4n) is 1.74. The van der Waals surface area contributed by atoms with Crippen molar-refractivity contribution in [3.8, 4) is 0 Å². The Morgan fingerprint density at radius 1 is 1.33 bits per heavy atom. The van der Waals surface area contributed by atoms with Gasteiger partial charge in [-0.15, -0.1) is 0 Å². The predicted octanol–water partition coefficient (Wildman–Crippen LogP) is 0.944. The maximum atomic E-state index is 5.70. The maximum Gasteiger partial charge on any atom is 0.217 e. The second kappa shape index (κ2) is 3.24. The third-order valence-corrected chi connectivity index (χ3v) is 2.64. The molecule has 0 spiro atoms. The van der Waals surface area contributed by atoms with E-state index in [0.717, 1.165) is 22.7 Å². The molecule has 0 unspecified atom stereocenters. The van der Waals surface area contributed by atoms with Gasteiger partial charge in [0.1, 0.15) is 12.6 Å². The lowest BCUT2D eigenvalue weighted by atomic mass is 10.1. The normalized spacial score (nSPS) is 22.3. The van der Waals surface area contributed by atoms with Crippen LogP contribution in [0.25, 0.3) is 0 Å². The number of fused-ring (bicyclic) bond motifs is 1. The summed E-state index contributed by atoms with van der Waals surface area (Å²) in [6.07, 6.45) is 0. The van der Waals surface area contributed by atoms with Crippen LogP contribution < -0.4 is 5.73 Å². The molecule has 3 rings (SSSR count). The number of ether oxygens (including phenoxy) is 2. The highest BCUT2D eigenvalue weighted by molar-refractivity contribution is 5.98. The van der Waals surface area contributed by atoms with E-state index in [1.807, 2.05) is 18.2 Å². The van der Waals surface area contributed by atoms with Crippen molar-refractivity contribution in [2.24, 2.45) is 4.99 Å². The zero-order valence-electron chi connectivity index (χ0n) is 8.27. The molecule has 0 amide bonds. The summed E-state index contributed by atoms with van der Waals surface area (Å²) in [5, 5.41) is 0. The van der Waals surface area contributed by atoms with Gasteiger partial charge in [-0.05, 0) is 18.2 Å². The van der Waals surface area contributed by atoms with Crippen molar-refractivity contribution in [2.75, 3.05) is 18.9 Å². The van der Waals surface area contributed by atoms with Crippen molar-refractivity contribution in [3.05, 3.63) is 29.3 Å². The molecule has 0 atom stereocenters. The Morgan fingerprint density at radius 3 is 2.93 bits per heavy atom. The smallest absolute Gasteiger partial charge is 0.217 e. The molecule has 15 heavy (non-hydrogen) atoms. The number of nitrogens with zero attached hydrogens (tertiary/aromatic N) is 1. The van der Waals surface area contributed by atoms with E-state index >= 15 is 0 Å². The van der Waals surface area contributed by atoms with Crippen LogP contribution in [0.3, 0.4) is 0 Å². The highest BCUT2D eigenvalue weighted by Gasteiger charge is 2.23. The molecule has 1 aromatic carbocycles. The minimum atomic E-state index is 0.267. The molecule has 1 saturated heterocycles. The van der Waals surface area contributed by atoms with Crippen LogP contribution in [-0.4, -0.2) is 25.2 Å². The molecule has 1 aromatic rings. The van der Waals surface area contributed by atoms with E-state index in [9.17, 15) is 0 Å². The molecular weight excluding hydrogens is 192 g/mol. The molecule has 0 aromatic heterocycles. The summed E-state index contributed by atoms with van der Waals surface area (Å²) in [5.74, 6) is 0.735. The third-order valence-electron chi connectivity index (χ3n) is 2.64. The maximum absolute atomic E-state index is 5.70. The predicted molar refractivity (Wildman–Crippen MR) is 56.8 cm³/mol. The molecule has 2 heterocycles. The minimum absolute atomic E-state index is 0.267. The van der Waals surface area contributed by atoms with Gasteiger partial charge in [0.15, 0.2) is 0 Å². The Labute approximate surface area is 87.7 Å². The molecule has 0 radical (unpaired) electrons. The number of benzene rings is 1. The highest BCUT2D eigenvalue weighted by atomic mass is 16.5. The van der Waals surface area contributed by atoms with Crippen molar-refractivity contribution in [3.63, 3.8) is 0 Å². The van der Waals surface area contributed by atoms with Gasteiger partial charge in [-0.1, -0.05) is 0 Å². The number of aliphatic imine (C=N–C) groups is 1. The fourth-order valence-corrected chi connectivity index (χ4v) is 1.74. The molecule has 1 fully saturated rings. The Bertz CT molecular complexity index is 425. The number of nitrogen functional groups attached to an aromatic ring is 1. The minimum Gasteiger partial charge on any atom is -0.473 e. The molecule has 2 N–H and O–H groups in total. The summed E-state index contributed by atoms with van der Waals surface area (Å²) in [5.41, 5.74) is 8.65. The standard InChI is InChI=1S/C11H12N2O2/c12-8-1-2-10-7(3-8)4-15-11(10)13-9-5-14-6-9/h1-3,9H,4-6,12H2/b13-11-. The van der Waals surface area contributed by atoms with Gasteiger partial charge in [-0.3, -0.25) is 0 Å². The van der Waals surface area contributed by atoms with Crippen LogP contribution in [0.15, 0.2) is 23.2 Å². The van der Waals surface area contributed by atoms with Gasteiger partial charge in [0.05, 0.1) is 13.2 Å². The van der Waals surface area contributed by atoms with Gasteiger partial charge in [0, 0.05) is 16.8 Å². The van der Waals surface area contributed by atoms with Crippen molar-refractivity contribution in [1.82, 2.24) is 0 Å². The summed E-state index contributed by atoms with van der Waals surface area (Å²) >= 11 is 0. The van der Waals surface area contributed by atoms with E-state index in [-0.39, 0.29) is 6.04 Å². The first kappa shape index (κ1) is 8.73. The summed E-state index contributed by atoms with van der Waals surface area (Å²) in [4.78, 5) is 4.48. The van der Waals surface area contributed by atoms with E-state index in [1.54, 1.807) is 0 Å². The Kier molecular flexibility index (Phi) is 1.89. The SMILES string of the molecule is Nc1ccc2c(c1)CO/C2=N\C1COC1. The lowest BCUT2D eigenvalue weighted by molar-refractivity contribution is 0.0123. The third kappa shape index (κ3) is 1.47. The lowest BCUT2D eigenvalue weighted by Crippen LogP contribution is -2.32. The molecular formula is C11H12N2O2. The van der Waals surface area contributed by atoms with Crippen LogP contribution in [0.5, 0.6) is 0 Å². The van der Waals surface area contributed by atoms with Crippen LogP contribution in [0.1, 0.15) is 11.1 Å². The average molecular weight is 204 g/mol. The Hall–Kier alpha value is -1.55. The highest BCUT2D eigenvalue weighted by Crippen LogP contribution is 2.23. The van der Waals surface area contributed by atoms with Crippen LogP contribution in [-0.2, 0) is 16.1 Å². The fraction of sp³-hybridized carbons (Fsp3) is 0.364. The van der Waals surface area contributed by atoms with E-state index in [2.05, 4.69) is 4.99 Å². The van der Waals surface area contributed by atoms with E-state index in [0.29, 0.717) is 19.8 Å². The number of anilines is 1. The number of nitrogens with two attached hydrogens (primary N) is 1. The monoisotopic (exact) mass is 204 g/mol. The van der Waals surface area contributed by atoms with Crippen molar-refractivity contribution in [2.45, 2.75) is 12.6 Å². The van der Waals surface area contributed by atoms with Crippen molar-refractivity contribution in [1.29, 1.82) is 0 Å².